The Bertz CT molecular complexity index is 371. The monoisotopic (exact) mass is 240 g/mol. The van der Waals surface area contributed by atoms with Crippen LogP contribution in [0, 0.1) is 5.92 Å². The maximum Gasteiger partial charge on any atom is -0.0162 e. The molecule has 0 amide bonds. The van der Waals surface area contributed by atoms with Gasteiger partial charge in [-0.1, -0.05) is 81.5 Å². The quantitative estimate of drug-likeness (QED) is 0.535. The minimum atomic E-state index is 0.705. The molecule has 1 aliphatic rings. The van der Waals surface area contributed by atoms with Gasteiger partial charge in [0.2, 0.25) is 0 Å². The summed E-state index contributed by atoms with van der Waals surface area (Å²) in [5, 5.41) is 0. The molecule has 0 nitrogen and oxygen atoms in total. The summed E-state index contributed by atoms with van der Waals surface area (Å²) in [4.78, 5) is 0. The number of rotatable bonds is 6. The normalized spacial score (nSPS) is 18.9. The topological polar surface area (TPSA) is 0 Å². The molecule has 1 fully saturated rings. The van der Waals surface area contributed by atoms with Crippen LogP contribution in [0.2, 0.25) is 0 Å². The molecule has 1 saturated carbocycles. The zero-order valence-corrected chi connectivity index (χ0v) is 11.3. The van der Waals surface area contributed by atoms with Crippen LogP contribution in [0.15, 0.2) is 73.4 Å². The summed E-state index contributed by atoms with van der Waals surface area (Å²) >= 11 is 0. The van der Waals surface area contributed by atoms with E-state index in [9.17, 15) is 0 Å². The summed E-state index contributed by atoms with van der Waals surface area (Å²) in [5.41, 5.74) is 2.45. The van der Waals surface area contributed by atoms with E-state index in [1.54, 1.807) is 6.08 Å². The number of hydrogen-bond donors (Lipinski definition) is 0. The van der Waals surface area contributed by atoms with Crippen LogP contribution in [0.4, 0.5) is 0 Å². The van der Waals surface area contributed by atoms with Crippen LogP contribution in [-0.4, -0.2) is 0 Å². The van der Waals surface area contributed by atoms with Gasteiger partial charge in [-0.15, -0.1) is 0 Å². The highest BCUT2D eigenvalue weighted by Gasteiger charge is 2.14. The first-order valence-electron chi connectivity index (χ1n) is 6.77. The lowest BCUT2D eigenvalue weighted by atomic mass is 9.83. The lowest BCUT2D eigenvalue weighted by Crippen LogP contribution is -2.07. The predicted molar refractivity (Wildman–Crippen MR) is 82.5 cm³/mol. The first kappa shape index (κ1) is 14.5. The van der Waals surface area contributed by atoms with E-state index < -0.39 is 0 Å². The number of allylic oxidation sites excluding steroid dienone is 9. The van der Waals surface area contributed by atoms with Gasteiger partial charge in [0.15, 0.2) is 0 Å². The van der Waals surface area contributed by atoms with Crippen molar-refractivity contribution in [3.05, 3.63) is 73.4 Å². The van der Waals surface area contributed by atoms with Crippen molar-refractivity contribution in [1.29, 1.82) is 0 Å². The molecule has 0 heterocycles. The maximum absolute atomic E-state index is 3.94. The van der Waals surface area contributed by atoms with Crippen LogP contribution in [0.5, 0.6) is 0 Å². The van der Waals surface area contributed by atoms with Crippen LogP contribution in [-0.2, 0) is 0 Å². The predicted octanol–water partition coefficient (Wildman–Crippen LogP) is 5.53. The van der Waals surface area contributed by atoms with Gasteiger partial charge in [0, 0.05) is 0 Å². The van der Waals surface area contributed by atoms with Crippen molar-refractivity contribution in [1.82, 2.24) is 0 Å². The lowest BCUT2D eigenvalue weighted by Gasteiger charge is -2.22. The van der Waals surface area contributed by atoms with Gasteiger partial charge in [-0.05, 0) is 29.9 Å². The molecular weight excluding hydrogens is 216 g/mol. The largest absolute Gasteiger partial charge is 0.0990 e. The van der Waals surface area contributed by atoms with Gasteiger partial charge in [-0.25, -0.2) is 0 Å². The SMILES string of the molecule is C=C/C=C(C=C)/C=C/C=C(\C=C)C1CCCCC1. The Labute approximate surface area is 112 Å². The summed E-state index contributed by atoms with van der Waals surface area (Å²) < 4.78 is 0. The van der Waals surface area contributed by atoms with E-state index in [0.29, 0.717) is 5.92 Å². The van der Waals surface area contributed by atoms with Crippen molar-refractivity contribution in [3.8, 4) is 0 Å². The highest BCUT2D eigenvalue weighted by molar-refractivity contribution is 5.35. The Balaban J connectivity index is 2.69. The van der Waals surface area contributed by atoms with E-state index in [0.717, 1.165) is 5.57 Å². The fraction of sp³-hybridized carbons (Fsp3) is 0.333. The fourth-order valence-corrected chi connectivity index (χ4v) is 2.40. The minimum absolute atomic E-state index is 0.705. The van der Waals surface area contributed by atoms with Crippen molar-refractivity contribution in [2.24, 2.45) is 5.92 Å². The van der Waals surface area contributed by atoms with Crippen molar-refractivity contribution in [3.63, 3.8) is 0 Å². The Morgan fingerprint density at radius 2 is 1.61 bits per heavy atom. The van der Waals surface area contributed by atoms with Gasteiger partial charge < -0.3 is 0 Å². The van der Waals surface area contributed by atoms with Crippen molar-refractivity contribution in [2.75, 3.05) is 0 Å². The van der Waals surface area contributed by atoms with Crippen molar-refractivity contribution < 1.29 is 0 Å². The molecule has 0 N–H and O–H groups in total. The van der Waals surface area contributed by atoms with Crippen LogP contribution in [0.1, 0.15) is 32.1 Å². The van der Waals surface area contributed by atoms with Gasteiger partial charge in [0.05, 0.1) is 0 Å². The average Bonchev–Trinajstić information content (AvgIpc) is 2.43. The van der Waals surface area contributed by atoms with E-state index in [1.807, 2.05) is 18.2 Å². The van der Waals surface area contributed by atoms with Crippen LogP contribution >= 0.6 is 0 Å². The molecule has 0 bridgehead atoms. The molecule has 0 aromatic carbocycles. The highest BCUT2D eigenvalue weighted by atomic mass is 14.2. The molecule has 0 atom stereocenters. The zero-order chi connectivity index (χ0) is 13.2. The third-order valence-corrected chi connectivity index (χ3v) is 3.44. The molecule has 18 heavy (non-hydrogen) atoms. The zero-order valence-electron chi connectivity index (χ0n) is 11.3. The van der Waals surface area contributed by atoms with E-state index in [4.69, 9.17) is 0 Å². The van der Waals surface area contributed by atoms with Gasteiger partial charge in [-0.2, -0.15) is 0 Å². The molecule has 0 unspecified atom stereocenters. The minimum Gasteiger partial charge on any atom is -0.0990 e. The van der Waals surface area contributed by atoms with Gasteiger partial charge in [0.1, 0.15) is 0 Å². The second kappa shape index (κ2) is 8.52. The summed E-state index contributed by atoms with van der Waals surface area (Å²) in [6, 6.07) is 0. The summed E-state index contributed by atoms with van der Waals surface area (Å²) in [5.74, 6) is 0.705. The van der Waals surface area contributed by atoms with Crippen LogP contribution < -0.4 is 0 Å². The summed E-state index contributed by atoms with van der Waals surface area (Å²) in [7, 11) is 0. The summed E-state index contributed by atoms with van der Waals surface area (Å²) in [6.07, 6.45) is 20.6. The molecule has 96 valence electrons. The Morgan fingerprint density at radius 1 is 0.889 bits per heavy atom. The first-order chi connectivity index (χ1) is 8.81. The lowest BCUT2D eigenvalue weighted by molar-refractivity contribution is 0.408. The van der Waals surface area contributed by atoms with E-state index in [-0.39, 0.29) is 0 Å². The molecule has 0 saturated heterocycles. The van der Waals surface area contributed by atoms with E-state index in [1.165, 1.54) is 37.7 Å². The number of hydrogen-bond acceptors (Lipinski definition) is 0. The molecule has 0 aromatic rings. The molecule has 0 heteroatoms. The fourth-order valence-electron chi connectivity index (χ4n) is 2.40. The first-order valence-corrected chi connectivity index (χ1v) is 6.77. The smallest absolute Gasteiger partial charge is 0.0162 e. The standard InChI is InChI=1S/C18H24/c1-4-11-16(5-2)12-10-15-17(6-3)18-13-8-7-9-14-18/h4-6,10-12,15,18H,1-3,7-9,13-14H2/b12-10+,16-11+,17-15+. The van der Waals surface area contributed by atoms with E-state index >= 15 is 0 Å². The Morgan fingerprint density at radius 3 is 2.17 bits per heavy atom. The van der Waals surface area contributed by atoms with Crippen LogP contribution in [0.25, 0.3) is 0 Å². The molecule has 0 aliphatic heterocycles. The molecule has 1 aliphatic carbocycles. The van der Waals surface area contributed by atoms with Gasteiger partial charge in [0.25, 0.3) is 0 Å². The maximum atomic E-state index is 3.94. The van der Waals surface area contributed by atoms with Gasteiger partial charge >= 0.3 is 0 Å². The van der Waals surface area contributed by atoms with Crippen molar-refractivity contribution in [2.45, 2.75) is 32.1 Å². The third kappa shape index (κ3) is 4.75. The third-order valence-electron chi connectivity index (χ3n) is 3.44. The second-order valence-corrected chi connectivity index (χ2v) is 4.67. The highest BCUT2D eigenvalue weighted by Crippen LogP contribution is 2.30. The molecule has 0 spiro atoms. The van der Waals surface area contributed by atoms with Crippen molar-refractivity contribution >= 4 is 0 Å². The van der Waals surface area contributed by atoms with Crippen LogP contribution in [0.3, 0.4) is 0 Å². The molecule has 0 aromatic heterocycles. The Hall–Kier alpha value is -1.56. The van der Waals surface area contributed by atoms with E-state index in [2.05, 4.69) is 38.0 Å². The summed E-state index contributed by atoms with van der Waals surface area (Å²) in [6.45, 7) is 11.4. The molecule has 0 radical (unpaired) electrons. The van der Waals surface area contributed by atoms with Gasteiger partial charge in [-0.3, -0.25) is 0 Å². The molecule has 1 rings (SSSR count). The Kier molecular flexibility index (Phi) is 6.86. The average molecular weight is 240 g/mol. The second-order valence-electron chi connectivity index (χ2n) is 4.67. The molecular formula is C18H24.